The number of rotatable bonds is 12. The number of alkyl halides is 6. The van der Waals surface area contributed by atoms with Gasteiger partial charge in [-0.05, 0) is 66.3 Å². The van der Waals surface area contributed by atoms with E-state index in [1.165, 1.54) is 32.7 Å². The third-order valence-electron chi connectivity index (χ3n) is 12.0. The molecule has 0 aliphatic heterocycles. The fraction of sp³-hybridized carbons (Fsp3) is 0.529. The number of ketones is 1. The van der Waals surface area contributed by atoms with Gasteiger partial charge in [-0.25, -0.2) is 33.7 Å². The van der Waals surface area contributed by atoms with Crippen LogP contribution in [0.25, 0.3) is 0 Å². The Labute approximate surface area is 582 Å². The number of halogens is 6. The highest BCUT2D eigenvalue weighted by Gasteiger charge is 2.35. The van der Waals surface area contributed by atoms with Crippen molar-refractivity contribution in [2.45, 2.75) is 237 Å². The van der Waals surface area contributed by atoms with Gasteiger partial charge in [-0.2, -0.15) is 31.6 Å². The summed E-state index contributed by atoms with van der Waals surface area (Å²) in [5.74, 6) is 7.47. The van der Waals surface area contributed by atoms with Crippen LogP contribution in [0, 0.1) is 25.2 Å². The largest absolute Gasteiger partial charge is 0.449 e. The second kappa shape index (κ2) is 44.7. The lowest BCUT2D eigenvalue weighted by molar-refractivity contribution is -0.141. The highest BCUT2D eigenvalue weighted by Crippen LogP contribution is 2.33. The zero-order valence-electron chi connectivity index (χ0n) is 59.2. The molecule has 0 N–H and O–H groups in total. The van der Waals surface area contributed by atoms with E-state index in [1.807, 2.05) is 92.9 Å². The minimum Gasteiger partial charge on any atom is -0.449 e. The van der Waals surface area contributed by atoms with Crippen LogP contribution in [0.5, 0.6) is 0 Å². The van der Waals surface area contributed by atoms with Crippen LogP contribution in [0.1, 0.15) is 304 Å². The number of nitriles is 1. The molecule has 0 saturated heterocycles. The fourth-order valence-electron chi connectivity index (χ4n) is 6.21. The number of carbonyl (C=O) groups is 1. The van der Waals surface area contributed by atoms with Crippen molar-refractivity contribution in [2.24, 2.45) is 0 Å². The van der Waals surface area contributed by atoms with Crippen molar-refractivity contribution in [1.29, 1.82) is 5.26 Å². The summed E-state index contributed by atoms with van der Waals surface area (Å²) in [4.78, 5) is 31.6. The molecular weight excluding hydrogens is 1340 g/mol. The van der Waals surface area contributed by atoms with Crippen molar-refractivity contribution in [2.75, 3.05) is 0 Å². The molecule has 10 heterocycles. The maximum atomic E-state index is 12.0. The standard InChI is InChI=1S/C9H13NO2.C7H8F3NO.C7H8F3NS.C7H8N2S.C7H11NO.C7H11NS.2C6H9NO.2C6H9NS/c1-4-8(11)7-5-9(6(2)3)12-10-7;2*1-4(2)6-11-5(3-12-6)7(8,9)10;1-5(2)7-9-6(3-8)4-10-7;1-5(2)7-4-6(3)8-9-7;1-5(2)7-4-9-6(3)8-7;1-5(2)6-7-3-4-8-6;1-5(2)6-3-4-7-8-6;1-5(2)6-3-7-8-4-6;1-5(2)6-3-4-7-8-6/h5-6H,4H2,1-3H3;2*3-4H,1-2H3;4-5H,1-2H3;2*4-5H,1-3H3;4*3-5H,1-2H3. The molecule has 28 heteroatoms. The third-order valence-corrected chi connectivity index (χ3v) is 16.7. The van der Waals surface area contributed by atoms with Crippen molar-refractivity contribution in [3.63, 3.8) is 0 Å². The van der Waals surface area contributed by atoms with E-state index in [0.717, 1.165) is 50.6 Å². The Kier molecular flexibility index (Phi) is 40.5. The second-order valence-corrected chi connectivity index (χ2v) is 28.4. The van der Waals surface area contributed by atoms with Gasteiger partial charge in [0.15, 0.2) is 34.6 Å². The lowest BCUT2D eigenvalue weighted by Gasteiger charge is -2.00. The molecular formula is C68H95F6N11O6S5. The van der Waals surface area contributed by atoms with Crippen molar-refractivity contribution in [3.05, 3.63) is 172 Å². The molecule has 10 rings (SSSR count). The minimum atomic E-state index is -4.41. The molecule has 0 spiro atoms. The van der Waals surface area contributed by atoms with Gasteiger partial charge in [0.25, 0.3) is 0 Å². The first-order valence-corrected chi connectivity index (χ1v) is 35.4. The number of hydrogen-bond acceptors (Lipinski definition) is 22. The normalized spacial score (nSPS) is 10.9. The first-order valence-electron chi connectivity index (χ1n) is 31.2. The summed E-state index contributed by atoms with van der Waals surface area (Å²) in [6, 6.07) is 9.63. The topological polar surface area (TPSA) is 235 Å². The Balaban J connectivity index is 0.000000535. The number of aromatic nitrogens is 10. The number of nitrogens with zero attached hydrogens (tertiary/aromatic N) is 11. The molecule has 0 amide bonds. The SMILES string of the molecule is CC(C)c1ccno1.CC(C)c1ccns1.CC(C)c1cnsc1.CC(C)c1nc(C#N)cs1.CC(C)c1nc(C(F)(F)F)co1.CC(C)c1nc(C(F)(F)F)cs1.CC(C)c1ncco1.CCC(=O)c1cc(C(C)C)on1.Cc1cc(C(C)C)on1.Cc1nc(C(C)C)cs1. The number of carbonyl (C=O) groups excluding carboxylic acids is 1. The predicted molar refractivity (Wildman–Crippen MR) is 373 cm³/mol. The van der Waals surface area contributed by atoms with E-state index in [2.05, 4.69) is 153 Å². The molecule has 17 nitrogen and oxygen atoms in total. The number of aryl methyl sites for hydroxylation is 2. The summed E-state index contributed by atoms with van der Waals surface area (Å²) in [6.07, 6.45) is 1.09. The fourth-order valence-corrected chi connectivity index (χ4v) is 9.86. The van der Waals surface area contributed by atoms with Crippen LogP contribution < -0.4 is 0 Å². The van der Waals surface area contributed by atoms with Gasteiger partial charge in [0.1, 0.15) is 41.6 Å². The van der Waals surface area contributed by atoms with E-state index in [9.17, 15) is 31.1 Å². The summed E-state index contributed by atoms with van der Waals surface area (Å²) in [5, 5.41) is 29.2. The molecule has 0 saturated carbocycles. The lowest BCUT2D eigenvalue weighted by Crippen LogP contribution is -2.05. The van der Waals surface area contributed by atoms with Crippen LogP contribution in [0.15, 0.2) is 106 Å². The molecule has 96 heavy (non-hydrogen) atoms. The van der Waals surface area contributed by atoms with Gasteiger partial charge in [0, 0.05) is 105 Å². The number of thiazole rings is 3. The van der Waals surface area contributed by atoms with Gasteiger partial charge in [-0.3, -0.25) is 4.79 Å². The summed E-state index contributed by atoms with van der Waals surface area (Å²) < 4.78 is 104. The van der Waals surface area contributed by atoms with Crippen molar-refractivity contribution in [1.82, 2.24) is 49.1 Å². The van der Waals surface area contributed by atoms with E-state index >= 15 is 0 Å². The first-order chi connectivity index (χ1) is 44.8. The van der Waals surface area contributed by atoms with Crippen LogP contribution in [0.4, 0.5) is 26.3 Å². The molecule has 0 aliphatic carbocycles. The predicted octanol–water partition coefficient (Wildman–Crippen LogP) is 23.4. The van der Waals surface area contributed by atoms with E-state index in [1.54, 1.807) is 78.2 Å². The van der Waals surface area contributed by atoms with Gasteiger partial charge >= 0.3 is 12.4 Å². The molecule has 0 atom stereocenters. The van der Waals surface area contributed by atoms with Crippen LogP contribution in [0.3, 0.4) is 0 Å². The molecule has 10 aromatic rings. The summed E-state index contributed by atoms with van der Waals surface area (Å²) >= 11 is 7.42. The summed E-state index contributed by atoms with van der Waals surface area (Å²) in [7, 11) is 0. The summed E-state index contributed by atoms with van der Waals surface area (Å²) in [5.41, 5.74) is 2.75. The Hall–Kier alpha value is -7.06. The zero-order chi connectivity index (χ0) is 73.0. The maximum Gasteiger partial charge on any atom is 0.436 e. The van der Waals surface area contributed by atoms with E-state index < -0.39 is 23.7 Å². The van der Waals surface area contributed by atoms with Crippen LogP contribution in [0.2, 0.25) is 0 Å². The summed E-state index contributed by atoms with van der Waals surface area (Å²) in [6.45, 7) is 46.4. The van der Waals surface area contributed by atoms with E-state index in [0.29, 0.717) is 70.5 Å². The third kappa shape index (κ3) is 35.3. The Morgan fingerprint density at radius 2 is 1.14 bits per heavy atom. The van der Waals surface area contributed by atoms with Crippen LogP contribution in [-0.4, -0.2) is 54.9 Å². The monoisotopic (exact) mass is 1440 g/mol. The molecule has 0 aliphatic rings. The minimum absolute atomic E-state index is 0.0330. The zero-order valence-corrected chi connectivity index (χ0v) is 63.3. The average Bonchev–Trinajstić information content (AvgIpc) is 1.73. The Morgan fingerprint density at radius 1 is 0.552 bits per heavy atom. The molecule has 0 unspecified atom stereocenters. The van der Waals surface area contributed by atoms with Gasteiger partial charge in [-0.15, -0.1) is 34.0 Å². The molecule has 0 radical (unpaired) electrons. The van der Waals surface area contributed by atoms with E-state index in [-0.39, 0.29) is 29.4 Å². The number of Topliss-reactive ketones (excluding diaryl/α,β-unsaturated/α-hetero) is 1. The smallest absolute Gasteiger partial charge is 0.436 e. The van der Waals surface area contributed by atoms with Crippen molar-refractivity contribution >= 4 is 62.9 Å². The molecule has 530 valence electrons. The first kappa shape index (κ1) is 87.0. The molecule has 0 aromatic carbocycles. The number of oxazole rings is 2. The molecule has 0 bridgehead atoms. The van der Waals surface area contributed by atoms with Crippen LogP contribution >= 0.6 is 57.1 Å². The highest BCUT2D eigenvalue weighted by atomic mass is 32.1. The highest BCUT2D eigenvalue weighted by molar-refractivity contribution is 7.10. The van der Waals surface area contributed by atoms with Crippen molar-refractivity contribution < 1.29 is 53.5 Å². The van der Waals surface area contributed by atoms with Gasteiger partial charge in [0.2, 0.25) is 0 Å². The van der Waals surface area contributed by atoms with E-state index in [4.69, 9.17) is 23.2 Å². The lowest BCUT2D eigenvalue weighted by atomic mass is 10.1. The molecule has 10 aromatic heterocycles. The number of hydrogen-bond donors (Lipinski definition) is 0. The van der Waals surface area contributed by atoms with Gasteiger partial charge < -0.3 is 22.4 Å². The second-order valence-electron chi connectivity index (χ2n) is 24.1. The van der Waals surface area contributed by atoms with Gasteiger partial charge in [0.05, 0.1) is 38.8 Å². The Morgan fingerprint density at radius 3 is 1.41 bits per heavy atom. The van der Waals surface area contributed by atoms with Gasteiger partial charge in [-0.1, -0.05) is 161 Å². The average molecular weight is 1440 g/mol. The Bertz CT molecular complexity index is 3330. The van der Waals surface area contributed by atoms with Crippen molar-refractivity contribution in [3.8, 4) is 6.07 Å². The van der Waals surface area contributed by atoms with Crippen LogP contribution in [-0.2, 0) is 12.4 Å². The quantitative estimate of drug-likeness (QED) is 0.0816. The molecule has 0 fully saturated rings. The maximum absolute atomic E-state index is 12.0.